The van der Waals surface area contributed by atoms with Crippen LogP contribution in [-0.2, 0) is 4.79 Å². The van der Waals surface area contributed by atoms with E-state index in [9.17, 15) is 14.0 Å². The molecule has 0 aliphatic carbocycles. The second-order valence-corrected chi connectivity index (χ2v) is 11.2. The lowest BCUT2D eigenvalue weighted by atomic mass is 9.96. The topological polar surface area (TPSA) is 104 Å². The summed E-state index contributed by atoms with van der Waals surface area (Å²) in [6.07, 6.45) is 1.40. The van der Waals surface area contributed by atoms with Crippen LogP contribution in [0.5, 0.6) is 17.2 Å². The zero-order valence-corrected chi connectivity index (χ0v) is 26.7. The van der Waals surface area contributed by atoms with Gasteiger partial charge in [0.15, 0.2) is 23.9 Å². The van der Waals surface area contributed by atoms with E-state index in [0.717, 1.165) is 16.9 Å². The fraction of sp³-hybridized carbons (Fsp3) is 0.200. The Morgan fingerprint density at radius 3 is 2.52 bits per heavy atom. The predicted octanol–water partition coefficient (Wildman–Crippen LogP) is 7.20. The molecule has 0 bridgehead atoms. The zero-order chi connectivity index (χ0) is 33.0. The van der Waals surface area contributed by atoms with Crippen molar-refractivity contribution in [3.05, 3.63) is 111 Å². The molecule has 0 aliphatic heterocycles. The predicted molar refractivity (Wildman–Crippen MR) is 178 cm³/mol. The maximum absolute atomic E-state index is 13.9. The van der Waals surface area contributed by atoms with Gasteiger partial charge < -0.3 is 19.5 Å². The van der Waals surface area contributed by atoms with Crippen LogP contribution < -0.4 is 25.1 Å². The lowest BCUT2D eigenvalue weighted by Gasteiger charge is -2.17. The summed E-state index contributed by atoms with van der Waals surface area (Å²) in [7, 11) is 3.06. The number of nitrogens with zero attached hydrogens (tertiary/aromatic N) is 3. The molecule has 0 fully saturated rings. The Morgan fingerprint density at radius 1 is 1.04 bits per heavy atom. The minimum Gasteiger partial charge on any atom is -0.496 e. The lowest BCUT2D eigenvalue weighted by molar-refractivity contribution is -0.118. The molecular weight excluding hydrogens is 611 g/mol. The standard InChI is InChI=1S/C35H32ClFN4O5/c1-20(2)27-17-28(21(3)13-30(27)44-4)34-40-29-12-7-6-11-26(29)35(43)41(34)38-18-22-14-23(36)15-31(45-5)33(22)46-19-32(42)39-25-10-8-9-24(37)16-25/h6-18,20H,19H2,1-5H3,(H,39,42). The van der Waals surface area contributed by atoms with Gasteiger partial charge >= 0.3 is 0 Å². The van der Waals surface area contributed by atoms with Crippen LogP contribution in [0.4, 0.5) is 10.1 Å². The summed E-state index contributed by atoms with van der Waals surface area (Å²) in [5, 5.41) is 7.87. The number of carbonyl (C=O) groups is 1. The van der Waals surface area contributed by atoms with Gasteiger partial charge in [0, 0.05) is 27.9 Å². The Bertz CT molecular complexity index is 2030. The molecule has 46 heavy (non-hydrogen) atoms. The number of nitrogens with one attached hydrogen (secondary N) is 1. The lowest BCUT2D eigenvalue weighted by Crippen LogP contribution is -2.21. The molecule has 0 saturated carbocycles. The SMILES string of the molecule is COc1cc(C)c(-c2nc3ccccc3c(=O)n2N=Cc2cc(Cl)cc(OC)c2OCC(=O)Nc2cccc(F)c2)cc1C(C)C. The van der Waals surface area contributed by atoms with Crippen LogP contribution in [0.3, 0.4) is 0 Å². The number of fused-ring (bicyclic) bond motifs is 1. The molecule has 1 heterocycles. The molecule has 0 aliphatic rings. The van der Waals surface area contributed by atoms with E-state index in [0.29, 0.717) is 32.9 Å². The van der Waals surface area contributed by atoms with E-state index in [1.807, 2.05) is 25.1 Å². The largest absolute Gasteiger partial charge is 0.496 e. The minimum atomic E-state index is -0.529. The van der Waals surface area contributed by atoms with E-state index >= 15 is 0 Å². The smallest absolute Gasteiger partial charge is 0.282 e. The number of anilines is 1. The third kappa shape index (κ3) is 6.87. The van der Waals surface area contributed by atoms with Crippen LogP contribution >= 0.6 is 11.6 Å². The monoisotopic (exact) mass is 642 g/mol. The molecule has 236 valence electrons. The fourth-order valence-electron chi connectivity index (χ4n) is 4.98. The fourth-order valence-corrected chi connectivity index (χ4v) is 5.20. The highest BCUT2D eigenvalue weighted by Crippen LogP contribution is 2.36. The van der Waals surface area contributed by atoms with Gasteiger partial charge in [0.2, 0.25) is 0 Å². The molecule has 11 heteroatoms. The average molecular weight is 643 g/mol. The van der Waals surface area contributed by atoms with Gasteiger partial charge in [0.05, 0.1) is 31.3 Å². The Morgan fingerprint density at radius 2 is 1.80 bits per heavy atom. The van der Waals surface area contributed by atoms with Crippen LogP contribution in [0.15, 0.2) is 82.7 Å². The summed E-state index contributed by atoms with van der Waals surface area (Å²) in [5.74, 6) is 0.588. The number of aromatic nitrogens is 2. The second-order valence-electron chi connectivity index (χ2n) is 10.8. The number of amides is 1. The van der Waals surface area contributed by atoms with Crippen molar-refractivity contribution >= 4 is 40.3 Å². The molecule has 0 radical (unpaired) electrons. The van der Waals surface area contributed by atoms with Gasteiger partial charge in [-0.2, -0.15) is 9.78 Å². The number of para-hydroxylation sites is 1. The van der Waals surface area contributed by atoms with Crippen LogP contribution in [-0.4, -0.2) is 42.6 Å². The number of hydrogen-bond acceptors (Lipinski definition) is 7. The van der Waals surface area contributed by atoms with Crippen molar-refractivity contribution in [1.82, 2.24) is 9.66 Å². The molecule has 1 aromatic heterocycles. The number of carbonyl (C=O) groups excluding carboxylic acids is 1. The molecule has 5 rings (SSSR count). The van der Waals surface area contributed by atoms with Crippen LogP contribution in [0.2, 0.25) is 5.02 Å². The summed E-state index contributed by atoms with van der Waals surface area (Å²) in [6, 6.07) is 19.5. The number of methoxy groups -OCH3 is 2. The molecule has 1 amide bonds. The summed E-state index contributed by atoms with van der Waals surface area (Å²) >= 11 is 6.40. The maximum atomic E-state index is 13.9. The summed E-state index contributed by atoms with van der Waals surface area (Å²) in [4.78, 5) is 31.4. The van der Waals surface area contributed by atoms with E-state index in [2.05, 4.69) is 24.3 Å². The van der Waals surface area contributed by atoms with Gasteiger partial charge in [-0.15, -0.1) is 0 Å². The molecule has 1 N–H and O–H groups in total. The minimum absolute atomic E-state index is 0.134. The first-order chi connectivity index (χ1) is 22.1. The van der Waals surface area contributed by atoms with Gasteiger partial charge in [-0.25, -0.2) is 9.37 Å². The second kappa shape index (κ2) is 13.8. The highest BCUT2D eigenvalue weighted by molar-refractivity contribution is 6.31. The number of benzene rings is 4. The third-order valence-corrected chi connectivity index (χ3v) is 7.45. The Balaban J connectivity index is 1.59. The number of aryl methyl sites for hydroxylation is 1. The highest BCUT2D eigenvalue weighted by atomic mass is 35.5. The Labute approximate surface area is 270 Å². The first kappa shape index (κ1) is 32.2. The normalized spacial score (nSPS) is 11.3. The summed E-state index contributed by atoms with van der Waals surface area (Å²) in [6.45, 7) is 5.60. The average Bonchev–Trinajstić information content (AvgIpc) is 3.03. The molecule has 0 unspecified atom stereocenters. The highest BCUT2D eigenvalue weighted by Gasteiger charge is 2.19. The molecule has 0 atom stereocenters. The Hall–Kier alpha value is -5.22. The number of ether oxygens (including phenoxy) is 3. The van der Waals surface area contributed by atoms with Crippen LogP contribution in [0.25, 0.3) is 22.3 Å². The van der Waals surface area contributed by atoms with Crippen molar-refractivity contribution in [2.75, 3.05) is 26.1 Å². The number of rotatable bonds is 10. The van der Waals surface area contributed by atoms with E-state index in [-0.39, 0.29) is 28.7 Å². The van der Waals surface area contributed by atoms with Gasteiger partial charge in [-0.1, -0.05) is 43.6 Å². The summed E-state index contributed by atoms with van der Waals surface area (Å²) in [5.41, 5.74) is 3.25. The quantitative estimate of drug-likeness (QED) is 0.162. The third-order valence-electron chi connectivity index (χ3n) is 7.23. The number of halogens is 2. The van der Waals surface area contributed by atoms with Crippen LogP contribution in [0.1, 0.15) is 36.5 Å². The summed E-state index contributed by atoms with van der Waals surface area (Å²) < 4.78 is 31.8. The van der Waals surface area contributed by atoms with Crippen molar-refractivity contribution in [2.24, 2.45) is 5.10 Å². The molecule has 9 nitrogen and oxygen atoms in total. The van der Waals surface area contributed by atoms with Gasteiger partial charge in [-0.3, -0.25) is 9.59 Å². The van der Waals surface area contributed by atoms with E-state index in [4.69, 9.17) is 30.8 Å². The van der Waals surface area contributed by atoms with E-state index < -0.39 is 18.3 Å². The van der Waals surface area contributed by atoms with Crippen molar-refractivity contribution < 1.29 is 23.4 Å². The molecule has 0 spiro atoms. The maximum Gasteiger partial charge on any atom is 0.282 e. The van der Waals surface area contributed by atoms with Gasteiger partial charge in [0.25, 0.3) is 11.5 Å². The van der Waals surface area contributed by atoms with E-state index in [1.54, 1.807) is 37.4 Å². The van der Waals surface area contributed by atoms with Gasteiger partial charge in [0.1, 0.15) is 11.6 Å². The first-order valence-electron chi connectivity index (χ1n) is 14.4. The Kier molecular flexibility index (Phi) is 9.67. The van der Waals surface area contributed by atoms with Gasteiger partial charge in [-0.05, 0) is 72.5 Å². The molecular formula is C35H32ClFN4O5. The first-order valence-corrected chi connectivity index (χ1v) is 14.8. The molecule has 0 saturated heterocycles. The molecule has 4 aromatic carbocycles. The molecule has 5 aromatic rings. The zero-order valence-electron chi connectivity index (χ0n) is 25.9. The van der Waals surface area contributed by atoms with Crippen molar-refractivity contribution in [3.63, 3.8) is 0 Å². The van der Waals surface area contributed by atoms with E-state index in [1.165, 1.54) is 42.3 Å². The van der Waals surface area contributed by atoms with Crippen molar-refractivity contribution in [1.29, 1.82) is 0 Å². The van der Waals surface area contributed by atoms with Crippen molar-refractivity contribution in [2.45, 2.75) is 26.7 Å². The number of hydrogen-bond donors (Lipinski definition) is 1. The van der Waals surface area contributed by atoms with Crippen molar-refractivity contribution in [3.8, 4) is 28.6 Å². The van der Waals surface area contributed by atoms with Crippen LogP contribution in [0, 0.1) is 12.7 Å².